The van der Waals surface area contributed by atoms with Crippen LogP contribution in [0.4, 0.5) is 0 Å². The van der Waals surface area contributed by atoms with E-state index >= 15 is 0 Å². The molecule has 0 aliphatic rings. The van der Waals surface area contributed by atoms with E-state index in [0.717, 1.165) is 6.92 Å². The normalized spacial score (nSPS) is 7.06. The van der Waals surface area contributed by atoms with Gasteiger partial charge in [-0.15, -0.1) is 0 Å². The summed E-state index contributed by atoms with van der Waals surface area (Å²) in [6.07, 6.45) is 7.00. The molecule has 2 aromatic heterocycles. The van der Waals surface area contributed by atoms with Gasteiger partial charge >= 0.3 is 0 Å². The van der Waals surface area contributed by atoms with E-state index in [1.165, 1.54) is 7.05 Å². The van der Waals surface area contributed by atoms with Crippen LogP contribution in [0.1, 0.15) is 6.92 Å². The Hall–Kier alpha value is -2.27. The Morgan fingerprint density at radius 3 is 1.11 bits per heavy atom. The molecule has 3 N–H and O–H groups in total. The van der Waals surface area contributed by atoms with Gasteiger partial charge in [-0.25, -0.2) is 0 Å². The molecular weight excluding hydrogens is 230 g/mol. The third-order valence-corrected chi connectivity index (χ3v) is 1.13. The number of nitrogens with zero attached hydrogens (tertiary/aromatic N) is 2. The highest BCUT2D eigenvalue weighted by atomic mass is 16.4. The summed E-state index contributed by atoms with van der Waals surface area (Å²) in [5.41, 5.74) is 4.50. The van der Waals surface area contributed by atoms with Gasteiger partial charge in [0.15, 0.2) is 0 Å². The summed E-state index contributed by atoms with van der Waals surface area (Å²) < 4.78 is 0. The van der Waals surface area contributed by atoms with Crippen LogP contribution in [0.2, 0.25) is 0 Å². The van der Waals surface area contributed by atoms with E-state index in [-0.39, 0.29) is 0 Å². The second kappa shape index (κ2) is 17.1. The van der Waals surface area contributed by atoms with Crippen molar-refractivity contribution >= 4 is 5.97 Å². The highest BCUT2D eigenvalue weighted by Crippen LogP contribution is 1.74. The molecule has 98 valence electrons. The van der Waals surface area contributed by atoms with Crippen LogP contribution in [0.25, 0.3) is 0 Å². The van der Waals surface area contributed by atoms with Crippen LogP contribution in [0.5, 0.6) is 0 Å². The summed E-state index contributed by atoms with van der Waals surface area (Å²) in [6, 6.07) is 11.4. The van der Waals surface area contributed by atoms with Crippen molar-refractivity contribution in [3.8, 4) is 0 Å². The molecule has 2 aromatic rings. The molecule has 0 aliphatic carbocycles. The van der Waals surface area contributed by atoms with Crippen LogP contribution in [-0.2, 0) is 4.79 Å². The molecule has 0 bridgehead atoms. The molecule has 0 saturated carbocycles. The van der Waals surface area contributed by atoms with Crippen molar-refractivity contribution in [3.63, 3.8) is 0 Å². The molecule has 2 heterocycles. The van der Waals surface area contributed by atoms with Gasteiger partial charge in [-0.2, -0.15) is 0 Å². The van der Waals surface area contributed by atoms with Crippen LogP contribution in [-0.4, -0.2) is 28.1 Å². The summed E-state index contributed by atoms with van der Waals surface area (Å²) in [5.74, 6) is -0.833. The molecule has 0 saturated heterocycles. The van der Waals surface area contributed by atoms with E-state index in [0.29, 0.717) is 0 Å². The van der Waals surface area contributed by atoms with Crippen LogP contribution in [0.3, 0.4) is 0 Å². The predicted octanol–water partition coefficient (Wildman–Crippen LogP) is 1.83. The number of nitrogens with two attached hydrogens (primary N) is 1. The standard InChI is InChI=1S/2C5H5N.C2H4O2.CH5N/c2*1-2-4-6-5-3-1;1-2(3)4;1-2/h2*1-5H;1H3,(H,3,4);2H2,1H3. The maximum atomic E-state index is 9.00. The van der Waals surface area contributed by atoms with Gasteiger partial charge in [0.05, 0.1) is 0 Å². The molecule has 5 nitrogen and oxygen atoms in total. The number of aromatic nitrogens is 2. The zero-order valence-corrected chi connectivity index (χ0v) is 10.6. The van der Waals surface area contributed by atoms with Crippen molar-refractivity contribution in [3.05, 3.63) is 61.2 Å². The largest absolute Gasteiger partial charge is 0.481 e. The van der Waals surface area contributed by atoms with Gasteiger partial charge in [0.25, 0.3) is 5.97 Å². The Morgan fingerprint density at radius 1 is 0.833 bits per heavy atom. The lowest BCUT2D eigenvalue weighted by molar-refractivity contribution is -0.134. The lowest BCUT2D eigenvalue weighted by Crippen LogP contribution is -1.78. The molecule has 5 heteroatoms. The molecule has 0 aliphatic heterocycles. The van der Waals surface area contributed by atoms with Crippen LogP contribution in [0.15, 0.2) is 61.2 Å². The maximum Gasteiger partial charge on any atom is 0.300 e. The smallest absolute Gasteiger partial charge is 0.300 e. The SMILES string of the molecule is CC(=O)O.CN.c1ccncc1.c1ccncc1. The highest BCUT2D eigenvalue weighted by molar-refractivity contribution is 5.62. The fourth-order valence-electron chi connectivity index (χ4n) is 0.625. The summed E-state index contributed by atoms with van der Waals surface area (Å²) in [5, 5.41) is 7.42. The van der Waals surface area contributed by atoms with E-state index in [1.807, 2.05) is 36.4 Å². The Labute approximate surface area is 107 Å². The number of pyridine rings is 2. The van der Waals surface area contributed by atoms with Gasteiger partial charge in [0, 0.05) is 31.7 Å². The first-order valence-electron chi connectivity index (χ1n) is 5.20. The fraction of sp³-hybridized carbons (Fsp3) is 0.154. The predicted molar refractivity (Wildman–Crippen MR) is 71.9 cm³/mol. The fourth-order valence-corrected chi connectivity index (χ4v) is 0.625. The summed E-state index contributed by atoms with van der Waals surface area (Å²) in [6.45, 7) is 1.08. The minimum Gasteiger partial charge on any atom is -0.481 e. The molecule has 0 amide bonds. The molecular formula is C13H19N3O2. The summed E-state index contributed by atoms with van der Waals surface area (Å²) in [4.78, 5) is 16.6. The Bertz CT molecular complexity index is 266. The number of hydrogen-bond donors (Lipinski definition) is 2. The zero-order chi connectivity index (χ0) is 14.1. The second-order valence-corrected chi connectivity index (χ2v) is 2.57. The number of carboxylic acids is 1. The van der Waals surface area contributed by atoms with Crippen LogP contribution in [0, 0.1) is 0 Å². The Kier molecular flexibility index (Phi) is 17.2. The summed E-state index contributed by atoms with van der Waals surface area (Å²) in [7, 11) is 1.50. The average Bonchev–Trinajstić information content (AvgIpc) is 2.45. The second-order valence-electron chi connectivity index (χ2n) is 2.57. The van der Waals surface area contributed by atoms with Crippen molar-refractivity contribution in [2.45, 2.75) is 6.92 Å². The number of carbonyl (C=O) groups is 1. The molecule has 2 rings (SSSR count). The molecule has 0 unspecified atom stereocenters. The van der Waals surface area contributed by atoms with Gasteiger partial charge in [0.1, 0.15) is 0 Å². The first kappa shape index (κ1) is 18.1. The van der Waals surface area contributed by atoms with Crippen LogP contribution >= 0.6 is 0 Å². The van der Waals surface area contributed by atoms with E-state index in [1.54, 1.807) is 24.8 Å². The Morgan fingerprint density at radius 2 is 1.06 bits per heavy atom. The topological polar surface area (TPSA) is 89.1 Å². The molecule has 0 atom stereocenters. The lowest BCUT2D eigenvalue weighted by atomic mass is 10.5. The lowest BCUT2D eigenvalue weighted by Gasteiger charge is -1.70. The minimum atomic E-state index is -0.833. The number of aliphatic carboxylic acids is 1. The van der Waals surface area contributed by atoms with Gasteiger partial charge < -0.3 is 10.8 Å². The van der Waals surface area contributed by atoms with Gasteiger partial charge in [-0.05, 0) is 31.3 Å². The molecule has 0 spiro atoms. The van der Waals surface area contributed by atoms with E-state index in [4.69, 9.17) is 9.90 Å². The quantitative estimate of drug-likeness (QED) is 0.743. The van der Waals surface area contributed by atoms with Gasteiger partial charge in [-0.1, -0.05) is 12.1 Å². The van der Waals surface area contributed by atoms with Gasteiger partial charge in [0.2, 0.25) is 0 Å². The monoisotopic (exact) mass is 249 g/mol. The van der Waals surface area contributed by atoms with Crippen molar-refractivity contribution in [1.29, 1.82) is 0 Å². The van der Waals surface area contributed by atoms with Crippen molar-refractivity contribution < 1.29 is 9.90 Å². The third-order valence-electron chi connectivity index (χ3n) is 1.13. The average molecular weight is 249 g/mol. The first-order valence-corrected chi connectivity index (χ1v) is 5.20. The number of rotatable bonds is 0. The van der Waals surface area contributed by atoms with Crippen molar-refractivity contribution in [2.24, 2.45) is 5.73 Å². The Balaban J connectivity index is 0. The third kappa shape index (κ3) is 23.5. The maximum absolute atomic E-state index is 9.00. The van der Waals surface area contributed by atoms with Crippen molar-refractivity contribution in [1.82, 2.24) is 9.97 Å². The molecule has 0 radical (unpaired) electrons. The van der Waals surface area contributed by atoms with E-state index in [9.17, 15) is 0 Å². The van der Waals surface area contributed by atoms with E-state index < -0.39 is 5.97 Å². The first-order chi connectivity index (χ1) is 8.73. The molecule has 0 aromatic carbocycles. The molecule has 18 heavy (non-hydrogen) atoms. The van der Waals surface area contributed by atoms with Gasteiger partial charge in [-0.3, -0.25) is 14.8 Å². The zero-order valence-electron chi connectivity index (χ0n) is 10.6. The minimum absolute atomic E-state index is 0.833. The number of carboxylic acid groups (broad SMARTS) is 1. The number of hydrogen-bond acceptors (Lipinski definition) is 4. The molecule has 0 fully saturated rings. The van der Waals surface area contributed by atoms with E-state index in [2.05, 4.69) is 15.7 Å². The van der Waals surface area contributed by atoms with Crippen molar-refractivity contribution in [2.75, 3.05) is 7.05 Å². The highest BCUT2D eigenvalue weighted by Gasteiger charge is 1.65. The summed E-state index contributed by atoms with van der Waals surface area (Å²) >= 11 is 0. The van der Waals surface area contributed by atoms with Crippen LogP contribution < -0.4 is 5.73 Å².